The maximum absolute atomic E-state index is 12.1. The molecule has 7 heteroatoms. The Morgan fingerprint density at radius 1 is 1.19 bits per heavy atom. The molecule has 138 valence electrons. The Hall–Kier alpha value is -2.99. The zero-order valence-corrected chi connectivity index (χ0v) is 15.4. The highest BCUT2D eigenvalue weighted by Crippen LogP contribution is 2.22. The summed E-state index contributed by atoms with van der Waals surface area (Å²) in [6.45, 7) is 1.79. The standard InChI is InChI=1S/C20H18ClN3O3/c1-2-27-20(26)19(25)24-18(16-5-3-4-8-22-16)10-13-6-7-14-11-15(21)12-23-17(14)9-13/h3-9,11-12,18H,2,10H2,1H3,(H,24,25). The number of nitrogens with one attached hydrogen (secondary N) is 1. The minimum Gasteiger partial charge on any atom is -0.459 e. The number of benzene rings is 1. The molecule has 0 radical (unpaired) electrons. The predicted octanol–water partition coefficient (Wildman–Crippen LogP) is 3.25. The van der Waals surface area contributed by atoms with Crippen LogP contribution in [0, 0.1) is 0 Å². The molecule has 0 aliphatic heterocycles. The molecule has 1 amide bonds. The molecule has 1 N–H and O–H groups in total. The Kier molecular flexibility index (Phi) is 5.98. The molecule has 0 fully saturated rings. The fraction of sp³-hybridized carbons (Fsp3) is 0.200. The van der Waals surface area contributed by atoms with Gasteiger partial charge in [-0.25, -0.2) is 4.79 Å². The van der Waals surface area contributed by atoms with Crippen LogP contribution in [0.2, 0.25) is 5.02 Å². The molecule has 0 saturated carbocycles. The Balaban J connectivity index is 1.86. The number of nitrogens with zero attached hydrogens (tertiary/aromatic N) is 2. The number of pyridine rings is 2. The summed E-state index contributed by atoms with van der Waals surface area (Å²) in [5.74, 6) is -1.70. The molecule has 1 aromatic carbocycles. The van der Waals surface area contributed by atoms with Crippen molar-refractivity contribution < 1.29 is 14.3 Å². The third kappa shape index (κ3) is 4.80. The first-order chi connectivity index (χ1) is 13.1. The number of carbonyl (C=O) groups is 2. The number of amides is 1. The van der Waals surface area contributed by atoms with Gasteiger partial charge in [0.15, 0.2) is 0 Å². The number of fused-ring (bicyclic) bond motifs is 1. The van der Waals surface area contributed by atoms with Crippen LogP contribution in [-0.2, 0) is 20.7 Å². The summed E-state index contributed by atoms with van der Waals surface area (Å²) in [7, 11) is 0. The molecular formula is C20H18ClN3O3. The molecule has 2 heterocycles. The zero-order valence-electron chi connectivity index (χ0n) is 14.7. The molecule has 3 aromatic rings. The summed E-state index contributed by atoms with van der Waals surface area (Å²) in [6.07, 6.45) is 3.68. The van der Waals surface area contributed by atoms with Crippen molar-refractivity contribution in [1.29, 1.82) is 0 Å². The van der Waals surface area contributed by atoms with Gasteiger partial charge in [-0.3, -0.25) is 14.8 Å². The summed E-state index contributed by atoms with van der Waals surface area (Å²) in [6, 6.07) is 12.6. The number of rotatable bonds is 5. The lowest BCUT2D eigenvalue weighted by molar-refractivity contribution is -0.154. The van der Waals surface area contributed by atoms with Crippen molar-refractivity contribution >= 4 is 34.4 Å². The average molecular weight is 384 g/mol. The van der Waals surface area contributed by atoms with Gasteiger partial charge in [0.25, 0.3) is 0 Å². The zero-order chi connectivity index (χ0) is 19.2. The Labute approximate surface area is 161 Å². The van der Waals surface area contributed by atoms with E-state index in [1.807, 2.05) is 30.3 Å². The SMILES string of the molecule is CCOC(=O)C(=O)NC(Cc1ccc2cc(Cl)cnc2c1)c1ccccn1. The van der Waals surface area contributed by atoms with Gasteiger partial charge in [-0.05, 0) is 43.2 Å². The van der Waals surface area contributed by atoms with Crippen molar-refractivity contribution in [1.82, 2.24) is 15.3 Å². The summed E-state index contributed by atoms with van der Waals surface area (Å²) < 4.78 is 4.77. The van der Waals surface area contributed by atoms with Crippen LogP contribution in [0.4, 0.5) is 0 Å². The van der Waals surface area contributed by atoms with E-state index < -0.39 is 17.9 Å². The first-order valence-electron chi connectivity index (χ1n) is 8.49. The van der Waals surface area contributed by atoms with Crippen LogP contribution >= 0.6 is 11.6 Å². The van der Waals surface area contributed by atoms with E-state index in [1.54, 1.807) is 31.5 Å². The van der Waals surface area contributed by atoms with Gasteiger partial charge in [-0.1, -0.05) is 29.8 Å². The smallest absolute Gasteiger partial charge is 0.396 e. The average Bonchev–Trinajstić information content (AvgIpc) is 2.68. The molecule has 0 aliphatic rings. The van der Waals surface area contributed by atoms with Crippen LogP contribution < -0.4 is 5.32 Å². The fourth-order valence-corrected chi connectivity index (χ4v) is 2.89. The monoisotopic (exact) mass is 383 g/mol. The molecule has 0 bridgehead atoms. The van der Waals surface area contributed by atoms with E-state index in [1.165, 1.54) is 0 Å². The van der Waals surface area contributed by atoms with Gasteiger partial charge in [0.2, 0.25) is 0 Å². The van der Waals surface area contributed by atoms with Crippen LogP contribution in [0.5, 0.6) is 0 Å². The van der Waals surface area contributed by atoms with Crippen LogP contribution in [0.25, 0.3) is 10.9 Å². The van der Waals surface area contributed by atoms with Gasteiger partial charge in [0, 0.05) is 17.8 Å². The fourth-order valence-electron chi connectivity index (χ4n) is 2.73. The number of hydrogen-bond acceptors (Lipinski definition) is 5. The molecule has 0 aliphatic carbocycles. The third-order valence-corrected chi connectivity index (χ3v) is 4.17. The first kappa shape index (κ1) is 18.8. The van der Waals surface area contributed by atoms with Gasteiger partial charge in [-0.2, -0.15) is 0 Å². The number of ether oxygens (including phenoxy) is 1. The number of aromatic nitrogens is 2. The number of halogens is 1. The van der Waals surface area contributed by atoms with Gasteiger partial charge >= 0.3 is 11.9 Å². The molecule has 2 aromatic heterocycles. The number of esters is 1. The second-order valence-corrected chi connectivity index (χ2v) is 6.32. The highest BCUT2D eigenvalue weighted by Gasteiger charge is 2.22. The minimum absolute atomic E-state index is 0.138. The number of hydrogen-bond donors (Lipinski definition) is 1. The topological polar surface area (TPSA) is 81.2 Å². The Morgan fingerprint density at radius 3 is 2.78 bits per heavy atom. The summed E-state index contributed by atoms with van der Waals surface area (Å²) >= 11 is 5.97. The van der Waals surface area contributed by atoms with Crippen LogP contribution in [0.15, 0.2) is 54.9 Å². The Bertz CT molecular complexity index is 963. The first-order valence-corrected chi connectivity index (χ1v) is 8.87. The van der Waals surface area contributed by atoms with Crippen molar-refractivity contribution in [3.05, 3.63) is 71.1 Å². The largest absolute Gasteiger partial charge is 0.459 e. The second kappa shape index (κ2) is 8.60. The van der Waals surface area contributed by atoms with Crippen molar-refractivity contribution in [3.63, 3.8) is 0 Å². The molecule has 1 atom stereocenters. The summed E-state index contributed by atoms with van der Waals surface area (Å²) in [5, 5.41) is 4.21. The summed E-state index contributed by atoms with van der Waals surface area (Å²) in [5.41, 5.74) is 2.39. The molecular weight excluding hydrogens is 366 g/mol. The lowest BCUT2D eigenvalue weighted by atomic mass is 10.0. The molecule has 0 spiro atoms. The van der Waals surface area contributed by atoms with E-state index in [-0.39, 0.29) is 6.61 Å². The van der Waals surface area contributed by atoms with Crippen LogP contribution in [0.1, 0.15) is 24.2 Å². The van der Waals surface area contributed by atoms with E-state index in [9.17, 15) is 9.59 Å². The van der Waals surface area contributed by atoms with E-state index in [2.05, 4.69) is 15.3 Å². The van der Waals surface area contributed by atoms with Gasteiger partial charge < -0.3 is 10.1 Å². The maximum atomic E-state index is 12.1. The molecule has 0 saturated heterocycles. The summed E-state index contributed by atoms with van der Waals surface area (Å²) in [4.78, 5) is 32.4. The van der Waals surface area contributed by atoms with E-state index >= 15 is 0 Å². The molecule has 27 heavy (non-hydrogen) atoms. The van der Waals surface area contributed by atoms with Crippen molar-refractivity contribution in [2.75, 3.05) is 6.61 Å². The van der Waals surface area contributed by atoms with E-state index in [0.717, 1.165) is 16.5 Å². The van der Waals surface area contributed by atoms with Gasteiger partial charge in [-0.15, -0.1) is 0 Å². The van der Waals surface area contributed by atoms with Gasteiger partial charge in [0.1, 0.15) is 0 Å². The highest BCUT2D eigenvalue weighted by molar-refractivity contribution is 6.32. The quantitative estimate of drug-likeness (QED) is 0.540. The molecule has 3 rings (SSSR count). The van der Waals surface area contributed by atoms with E-state index in [0.29, 0.717) is 17.1 Å². The van der Waals surface area contributed by atoms with Crippen molar-refractivity contribution in [2.45, 2.75) is 19.4 Å². The van der Waals surface area contributed by atoms with Gasteiger partial charge in [0.05, 0.1) is 28.9 Å². The normalized spacial score (nSPS) is 11.8. The maximum Gasteiger partial charge on any atom is 0.396 e. The third-order valence-electron chi connectivity index (χ3n) is 3.97. The molecule has 1 unspecified atom stereocenters. The van der Waals surface area contributed by atoms with Crippen molar-refractivity contribution in [2.24, 2.45) is 0 Å². The lowest BCUT2D eigenvalue weighted by Gasteiger charge is -2.18. The predicted molar refractivity (Wildman–Crippen MR) is 102 cm³/mol. The lowest BCUT2D eigenvalue weighted by Crippen LogP contribution is -2.36. The van der Waals surface area contributed by atoms with E-state index in [4.69, 9.17) is 16.3 Å². The Morgan fingerprint density at radius 2 is 2.04 bits per heavy atom. The van der Waals surface area contributed by atoms with Crippen LogP contribution in [0.3, 0.4) is 0 Å². The minimum atomic E-state index is -0.909. The molecule has 6 nitrogen and oxygen atoms in total. The van der Waals surface area contributed by atoms with Crippen molar-refractivity contribution in [3.8, 4) is 0 Å². The number of carbonyl (C=O) groups excluding carboxylic acids is 2. The van der Waals surface area contributed by atoms with Crippen LogP contribution in [-0.4, -0.2) is 28.5 Å². The highest BCUT2D eigenvalue weighted by atomic mass is 35.5. The second-order valence-electron chi connectivity index (χ2n) is 5.89.